The quantitative estimate of drug-likeness (QED) is 0.669. The minimum Gasteiger partial charge on any atom is -0.0979 e. The van der Waals surface area contributed by atoms with Crippen molar-refractivity contribution >= 4 is 21.6 Å². The first-order chi connectivity index (χ1) is 1.91. The second-order valence-corrected chi connectivity index (χ2v) is 3.00. The van der Waals surface area contributed by atoms with Crippen molar-refractivity contribution in [3.63, 3.8) is 0 Å². The van der Waals surface area contributed by atoms with Gasteiger partial charge in [-0.15, -0.1) is 0 Å². The minimum absolute atomic E-state index is 0. The summed E-state index contributed by atoms with van der Waals surface area (Å²) < 4.78 is 0. The summed E-state index contributed by atoms with van der Waals surface area (Å²) >= 11 is 0. The van der Waals surface area contributed by atoms with Crippen LogP contribution < -0.4 is 0 Å². The third-order valence-electron chi connectivity index (χ3n) is 0.167. The molecule has 32 valence electrons. The van der Waals surface area contributed by atoms with Gasteiger partial charge in [-0.1, -0.05) is 21.6 Å². The molecular weight excluding hydrogens is 272 g/mol. The molecule has 0 nitrogen and oxygen atoms in total. The second-order valence-electron chi connectivity index (χ2n) is 0.333. The smallest absolute Gasteiger partial charge is 0 e. The average molecular weight is 278 g/mol. The first-order valence-corrected chi connectivity index (χ1v) is 3.95. The van der Waals surface area contributed by atoms with Crippen molar-refractivity contribution in [2.45, 2.75) is 0 Å². The Kier molecular flexibility index (Phi) is 17.4. The first kappa shape index (κ1) is 9.63. The Labute approximate surface area is 55.1 Å². The van der Waals surface area contributed by atoms with Crippen LogP contribution in [0.25, 0.3) is 0 Å². The molecule has 0 bridgehead atoms. The van der Waals surface area contributed by atoms with Gasteiger partial charge in [0.1, 0.15) is 0 Å². The topological polar surface area (TPSA) is 0 Å². The van der Waals surface area contributed by atoms with E-state index in [1.165, 1.54) is 0 Å². The van der Waals surface area contributed by atoms with E-state index in [-0.39, 0.29) is 21.1 Å². The van der Waals surface area contributed by atoms with Crippen LogP contribution in [-0.2, 0) is 21.1 Å². The Balaban J connectivity index is 0. The largest absolute Gasteiger partial charge is 0.0979 e. The van der Waals surface area contributed by atoms with E-state index < -0.39 is 0 Å². The molecule has 0 saturated carbocycles. The van der Waals surface area contributed by atoms with Gasteiger partial charge in [-0.2, -0.15) is 0 Å². The summed E-state index contributed by atoms with van der Waals surface area (Å²) in [4.78, 5) is 0. The van der Waals surface area contributed by atoms with Crippen LogP contribution in [0.4, 0.5) is 0 Å². The molecule has 0 unspecified atom stereocenters. The van der Waals surface area contributed by atoms with Gasteiger partial charge in [0, 0.05) is 21.1 Å². The molecule has 3 heteroatoms. The van der Waals surface area contributed by atoms with Crippen molar-refractivity contribution in [3.05, 3.63) is 0 Å². The molecule has 0 aliphatic heterocycles. The van der Waals surface area contributed by atoms with Crippen LogP contribution >= 0.6 is 21.6 Å². The minimum atomic E-state index is 0. The van der Waals surface area contributed by atoms with Crippen LogP contribution in [0, 0.1) is 0 Å². The van der Waals surface area contributed by atoms with Gasteiger partial charge in [-0.05, 0) is 12.5 Å². The Bertz CT molecular complexity index is 9.61. The average Bonchev–Trinajstić information content (AvgIpc) is 1.37. The Morgan fingerprint density at radius 3 is 1.20 bits per heavy atom. The van der Waals surface area contributed by atoms with E-state index in [0.717, 1.165) is 0 Å². The molecule has 0 N–H and O–H groups in total. The maximum atomic E-state index is 2.06. The third kappa shape index (κ3) is 10.8. The van der Waals surface area contributed by atoms with Crippen molar-refractivity contribution in [2.24, 2.45) is 0 Å². The van der Waals surface area contributed by atoms with Gasteiger partial charge in [0.25, 0.3) is 0 Å². The Morgan fingerprint density at radius 1 is 1.00 bits per heavy atom. The fourth-order valence-electron chi connectivity index (χ4n) is 0. The van der Waals surface area contributed by atoms with Crippen molar-refractivity contribution in [3.8, 4) is 0 Å². The zero-order valence-electron chi connectivity index (χ0n) is 3.22. The van der Waals surface area contributed by atoms with Crippen LogP contribution in [0.15, 0.2) is 0 Å². The predicted octanol–water partition coefficient (Wildman–Crippen LogP) is 1.62. The molecule has 0 aromatic carbocycles. The monoisotopic (exact) mass is 278 g/mol. The van der Waals surface area contributed by atoms with Gasteiger partial charge in [-0.3, -0.25) is 0 Å². The van der Waals surface area contributed by atoms with Crippen LogP contribution in [-0.4, -0.2) is 12.5 Å². The summed E-state index contributed by atoms with van der Waals surface area (Å²) in [7, 11) is 3.55. The molecule has 0 aliphatic rings. The standard InChI is InChI=1S/C2H6S2.W/c1-3-4-2;/h1-2H3;. The van der Waals surface area contributed by atoms with Gasteiger partial charge in [0.05, 0.1) is 0 Å². The molecular formula is C2H6S2W. The predicted molar refractivity (Wildman–Crippen MR) is 27.0 cm³/mol. The summed E-state index contributed by atoms with van der Waals surface area (Å²) in [5, 5.41) is 0. The van der Waals surface area contributed by atoms with Crippen molar-refractivity contribution in [2.75, 3.05) is 12.5 Å². The fourth-order valence-corrected chi connectivity index (χ4v) is 0. The van der Waals surface area contributed by atoms with Crippen molar-refractivity contribution in [1.82, 2.24) is 0 Å². The van der Waals surface area contributed by atoms with Gasteiger partial charge in [0.15, 0.2) is 0 Å². The fraction of sp³-hybridized carbons (Fsp3) is 1.00. The van der Waals surface area contributed by atoms with Gasteiger partial charge < -0.3 is 0 Å². The molecule has 0 saturated heterocycles. The molecule has 0 fully saturated rings. The summed E-state index contributed by atoms with van der Waals surface area (Å²) in [5.41, 5.74) is 0. The van der Waals surface area contributed by atoms with Crippen LogP contribution in [0.1, 0.15) is 0 Å². The van der Waals surface area contributed by atoms with Crippen LogP contribution in [0.5, 0.6) is 0 Å². The van der Waals surface area contributed by atoms with E-state index in [0.29, 0.717) is 0 Å². The molecule has 0 aromatic rings. The zero-order valence-corrected chi connectivity index (χ0v) is 7.79. The Morgan fingerprint density at radius 2 is 1.20 bits per heavy atom. The summed E-state index contributed by atoms with van der Waals surface area (Å²) in [6.07, 6.45) is 4.12. The molecule has 0 spiro atoms. The second kappa shape index (κ2) is 9.04. The number of hydrogen-bond donors (Lipinski definition) is 0. The third-order valence-corrected chi connectivity index (χ3v) is 1.50. The molecule has 0 radical (unpaired) electrons. The van der Waals surface area contributed by atoms with E-state index in [9.17, 15) is 0 Å². The van der Waals surface area contributed by atoms with E-state index in [1.54, 1.807) is 21.6 Å². The first-order valence-electron chi connectivity index (χ1n) is 0.983. The van der Waals surface area contributed by atoms with E-state index in [1.807, 2.05) is 0 Å². The Hall–Kier alpha value is 1.39. The van der Waals surface area contributed by atoms with Gasteiger partial charge >= 0.3 is 0 Å². The number of hydrogen-bond acceptors (Lipinski definition) is 2. The molecule has 0 amide bonds. The van der Waals surface area contributed by atoms with E-state index in [2.05, 4.69) is 12.5 Å². The summed E-state index contributed by atoms with van der Waals surface area (Å²) in [6.45, 7) is 0. The molecule has 0 atom stereocenters. The molecule has 0 aromatic heterocycles. The molecule has 0 rings (SSSR count). The molecule has 0 heterocycles. The molecule has 0 aliphatic carbocycles. The van der Waals surface area contributed by atoms with Crippen LogP contribution in [0.3, 0.4) is 0 Å². The van der Waals surface area contributed by atoms with E-state index in [4.69, 9.17) is 0 Å². The molecule has 5 heavy (non-hydrogen) atoms. The van der Waals surface area contributed by atoms with Gasteiger partial charge in [-0.25, -0.2) is 0 Å². The summed E-state index contributed by atoms with van der Waals surface area (Å²) in [6, 6.07) is 0. The van der Waals surface area contributed by atoms with Gasteiger partial charge in [0.2, 0.25) is 0 Å². The normalized spacial score (nSPS) is 6.00. The SMILES string of the molecule is CSSC.[W]. The van der Waals surface area contributed by atoms with Crippen molar-refractivity contribution < 1.29 is 21.1 Å². The van der Waals surface area contributed by atoms with Crippen LogP contribution in [0.2, 0.25) is 0 Å². The zero-order chi connectivity index (χ0) is 3.41. The summed E-state index contributed by atoms with van der Waals surface area (Å²) in [5.74, 6) is 0. The van der Waals surface area contributed by atoms with Crippen molar-refractivity contribution in [1.29, 1.82) is 0 Å². The maximum Gasteiger partial charge on any atom is 0 e. The maximum absolute atomic E-state index is 2.06. The van der Waals surface area contributed by atoms with E-state index >= 15 is 0 Å². The number of rotatable bonds is 1.